The summed E-state index contributed by atoms with van der Waals surface area (Å²) in [6.07, 6.45) is 3.50. The molecule has 1 saturated heterocycles. The Kier molecular flexibility index (Phi) is 3.41. The van der Waals surface area contributed by atoms with E-state index in [0.29, 0.717) is 17.9 Å². The van der Waals surface area contributed by atoms with Crippen molar-refractivity contribution in [2.45, 2.75) is 25.7 Å². The lowest BCUT2D eigenvalue weighted by Crippen LogP contribution is -2.39. The Labute approximate surface area is 133 Å². The number of aromatic nitrogens is 1. The summed E-state index contributed by atoms with van der Waals surface area (Å²) in [5.74, 6) is 1.57. The second-order valence-electron chi connectivity index (χ2n) is 6.00. The number of para-hydroxylation sites is 2. The first-order valence-electron chi connectivity index (χ1n) is 7.91. The van der Waals surface area contributed by atoms with Gasteiger partial charge in [-0.15, -0.1) is 0 Å². The van der Waals surface area contributed by atoms with E-state index in [1.165, 1.54) is 0 Å². The molecule has 3 aromatic rings. The van der Waals surface area contributed by atoms with E-state index in [0.717, 1.165) is 36.4 Å². The van der Waals surface area contributed by atoms with E-state index in [1.54, 1.807) is 12.3 Å². The first kappa shape index (κ1) is 14.1. The van der Waals surface area contributed by atoms with Gasteiger partial charge >= 0.3 is 0 Å². The van der Waals surface area contributed by atoms with Crippen LogP contribution >= 0.6 is 0 Å². The van der Waals surface area contributed by atoms with Crippen LogP contribution in [0.3, 0.4) is 0 Å². The standard InChI is InChI=1S/C18H18N2O3/c1-12-14(8-10-22-12)18(21)20-9-4-5-13(11-20)17-19-15-6-2-3-7-16(15)23-17/h2-3,6-8,10,13H,4-5,9,11H2,1H3. The number of fused-ring (bicyclic) bond motifs is 1. The lowest BCUT2D eigenvalue weighted by atomic mass is 9.97. The van der Waals surface area contributed by atoms with Crippen LogP contribution in [0.15, 0.2) is 45.4 Å². The third-order valence-electron chi connectivity index (χ3n) is 4.46. The van der Waals surface area contributed by atoms with Gasteiger partial charge in [0.15, 0.2) is 11.5 Å². The van der Waals surface area contributed by atoms with E-state index >= 15 is 0 Å². The van der Waals surface area contributed by atoms with Crippen LogP contribution in [-0.4, -0.2) is 28.9 Å². The average molecular weight is 310 g/mol. The molecule has 23 heavy (non-hydrogen) atoms. The van der Waals surface area contributed by atoms with Gasteiger partial charge in [-0.05, 0) is 38.0 Å². The Balaban J connectivity index is 1.57. The van der Waals surface area contributed by atoms with Crippen molar-refractivity contribution in [3.05, 3.63) is 53.8 Å². The quantitative estimate of drug-likeness (QED) is 0.723. The minimum absolute atomic E-state index is 0.0251. The van der Waals surface area contributed by atoms with Gasteiger partial charge in [-0.2, -0.15) is 0 Å². The SMILES string of the molecule is Cc1occc1C(=O)N1CCCC(c2nc3ccccc3o2)C1. The Bertz CT molecular complexity index is 816. The third-order valence-corrected chi connectivity index (χ3v) is 4.46. The highest BCUT2D eigenvalue weighted by molar-refractivity contribution is 5.95. The maximum Gasteiger partial charge on any atom is 0.257 e. The zero-order valence-corrected chi connectivity index (χ0v) is 13.0. The van der Waals surface area contributed by atoms with Crippen molar-refractivity contribution in [1.29, 1.82) is 0 Å². The molecule has 0 N–H and O–H groups in total. The second kappa shape index (κ2) is 5.57. The predicted octanol–water partition coefficient (Wildman–Crippen LogP) is 3.75. The number of likely N-dealkylation sites (tertiary alicyclic amines) is 1. The van der Waals surface area contributed by atoms with Crippen LogP contribution in [0.25, 0.3) is 11.1 Å². The van der Waals surface area contributed by atoms with E-state index in [4.69, 9.17) is 8.83 Å². The molecule has 1 fully saturated rings. The van der Waals surface area contributed by atoms with E-state index in [-0.39, 0.29) is 11.8 Å². The van der Waals surface area contributed by atoms with Crippen molar-refractivity contribution in [3.8, 4) is 0 Å². The van der Waals surface area contributed by atoms with Gasteiger partial charge in [-0.25, -0.2) is 4.98 Å². The highest BCUT2D eigenvalue weighted by Crippen LogP contribution is 2.30. The van der Waals surface area contributed by atoms with Crippen LogP contribution in [-0.2, 0) is 0 Å². The molecule has 2 aromatic heterocycles. The number of nitrogens with zero attached hydrogens (tertiary/aromatic N) is 2. The van der Waals surface area contributed by atoms with Gasteiger partial charge in [0.05, 0.1) is 17.7 Å². The number of carbonyl (C=O) groups is 1. The summed E-state index contributed by atoms with van der Waals surface area (Å²) in [4.78, 5) is 19.1. The van der Waals surface area contributed by atoms with Crippen molar-refractivity contribution in [3.63, 3.8) is 0 Å². The zero-order valence-electron chi connectivity index (χ0n) is 13.0. The largest absolute Gasteiger partial charge is 0.469 e. The number of amides is 1. The molecule has 1 aliphatic rings. The van der Waals surface area contributed by atoms with Gasteiger partial charge in [0.25, 0.3) is 5.91 Å². The number of furan rings is 1. The molecular formula is C18H18N2O3. The molecule has 0 aliphatic carbocycles. The number of carbonyl (C=O) groups excluding carboxylic acids is 1. The van der Waals surface area contributed by atoms with Gasteiger partial charge in [-0.1, -0.05) is 12.1 Å². The molecule has 1 unspecified atom stereocenters. The predicted molar refractivity (Wildman–Crippen MR) is 85.3 cm³/mol. The van der Waals surface area contributed by atoms with Crippen LogP contribution in [0.2, 0.25) is 0 Å². The van der Waals surface area contributed by atoms with Crippen LogP contribution in [0.5, 0.6) is 0 Å². The number of aryl methyl sites for hydroxylation is 1. The van der Waals surface area contributed by atoms with Crippen molar-refractivity contribution in [2.24, 2.45) is 0 Å². The van der Waals surface area contributed by atoms with Crippen molar-refractivity contribution >= 4 is 17.0 Å². The smallest absolute Gasteiger partial charge is 0.257 e. The van der Waals surface area contributed by atoms with Gasteiger partial charge < -0.3 is 13.7 Å². The number of oxazole rings is 1. The molecule has 4 rings (SSSR count). The second-order valence-corrected chi connectivity index (χ2v) is 6.00. The van der Waals surface area contributed by atoms with Crippen LogP contribution in [0.1, 0.15) is 40.8 Å². The van der Waals surface area contributed by atoms with E-state index in [9.17, 15) is 4.79 Å². The van der Waals surface area contributed by atoms with Crippen LogP contribution in [0.4, 0.5) is 0 Å². The zero-order chi connectivity index (χ0) is 15.8. The molecule has 3 heterocycles. The van der Waals surface area contributed by atoms with Gasteiger partial charge in [0.1, 0.15) is 11.3 Å². The van der Waals surface area contributed by atoms with Gasteiger partial charge in [0.2, 0.25) is 0 Å². The lowest BCUT2D eigenvalue weighted by molar-refractivity contribution is 0.0697. The van der Waals surface area contributed by atoms with Crippen LogP contribution in [0, 0.1) is 6.92 Å². The van der Waals surface area contributed by atoms with E-state index in [1.807, 2.05) is 36.1 Å². The molecular weight excluding hydrogens is 292 g/mol. The van der Waals surface area contributed by atoms with Crippen molar-refractivity contribution in [1.82, 2.24) is 9.88 Å². The average Bonchev–Trinajstić information content (AvgIpc) is 3.20. The molecule has 0 radical (unpaired) electrons. The monoisotopic (exact) mass is 310 g/mol. The van der Waals surface area contributed by atoms with Crippen molar-refractivity contribution in [2.75, 3.05) is 13.1 Å². The summed E-state index contributed by atoms with van der Waals surface area (Å²) in [5.41, 5.74) is 2.32. The molecule has 5 heteroatoms. The lowest BCUT2D eigenvalue weighted by Gasteiger charge is -2.31. The number of piperidine rings is 1. The van der Waals surface area contributed by atoms with E-state index < -0.39 is 0 Å². The topological polar surface area (TPSA) is 59.5 Å². The molecule has 1 atom stereocenters. The van der Waals surface area contributed by atoms with E-state index in [2.05, 4.69) is 4.98 Å². The van der Waals surface area contributed by atoms with Crippen LogP contribution < -0.4 is 0 Å². The molecule has 118 valence electrons. The van der Waals surface area contributed by atoms with Gasteiger partial charge in [-0.3, -0.25) is 4.79 Å². The summed E-state index contributed by atoms with van der Waals surface area (Å²) in [6.45, 7) is 3.21. The van der Waals surface area contributed by atoms with Gasteiger partial charge in [0, 0.05) is 13.1 Å². The maximum atomic E-state index is 12.6. The number of hydrogen-bond donors (Lipinski definition) is 0. The molecule has 0 bridgehead atoms. The highest BCUT2D eigenvalue weighted by Gasteiger charge is 2.29. The Morgan fingerprint density at radius 1 is 1.30 bits per heavy atom. The van der Waals surface area contributed by atoms with Crippen molar-refractivity contribution < 1.29 is 13.6 Å². The minimum Gasteiger partial charge on any atom is -0.469 e. The minimum atomic E-state index is 0.0251. The number of hydrogen-bond acceptors (Lipinski definition) is 4. The molecule has 0 spiro atoms. The normalized spacial score (nSPS) is 18.5. The Morgan fingerprint density at radius 2 is 2.17 bits per heavy atom. The molecule has 0 saturated carbocycles. The molecule has 1 aromatic carbocycles. The fraction of sp³-hybridized carbons (Fsp3) is 0.333. The fourth-order valence-corrected chi connectivity index (χ4v) is 3.21. The first-order valence-corrected chi connectivity index (χ1v) is 7.91. The summed E-state index contributed by atoms with van der Waals surface area (Å²) < 4.78 is 11.1. The molecule has 1 aliphatic heterocycles. The maximum absolute atomic E-state index is 12.6. The Hall–Kier alpha value is -2.56. The summed E-state index contributed by atoms with van der Waals surface area (Å²) in [5, 5.41) is 0. The molecule has 5 nitrogen and oxygen atoms in total. The number of rotatable bonds is 2. The third kappa shape index (κ3) is 2.52. The summed E-state index contributed by atoms with van der Waals surface area (Å²) in [6, 6.07) is 9.50. The summed E-state index contributed by atoms with van der Waals surface area (Å²) in [7, 11) is 0. The Morgan fingerprint density at radius 3 is 2.96 bits per heavy atom. The number of benzene rings is 1. The summed E-state index contributed by atoms with van der Waals surface area (Å²) >= 11 is 0. The molecule has 1 amide bonds. The first-order chi connectivity index (χ1) is 11.2. The highest BCUT2D eigenvalue weighted by atomic mass is 16.3. The fourth-order valence-electron chi connectivity index (χ4n) is 3.21.